The summed E-state index contributed by atoms with van der Waals surface area (Å²) in [7, 11) is 0. The Morgan fingerprint density at radius 2 is 1.82 bits per heavy atom. The maximum absolute atomic E-state index is 11.8. The number of carboxylic acids is 1. The number of phenolic OH excluding ortho intramolecular Hbond substituents is 2. The van der Waals surface area contributed by atoms with Crippen LogP contribution in [0.5, 0.6) is 11.5 Å². The van der Waals surface area contributed by atoms with Gasteiger partial charge in [-0.25, -0.2) is 4.79 Å². The summed E-state index contributed by atoms with van der Waals surface area (Å²) in [6.07, 6.45) is 0.272. The molecule has 0 aliphatic carbocycles. The van der Waals surface area contributed by atoms with E-state index in [1.54, 1.807) is 12.1 Å². The van der Waals surface area contributed by atoms with Crippen LogP contribution in [0.2, 0.25) is 0 Å². The van der Waals surface area contributed by atoms with E-state index in [9.17, 15) is 15.0 Å². The van der Waals surface area contributed by atoms with E-state index in [1.165, 1.54) is 0 Å². The number of hydrogen-bond donors (Lipinski definition) is 5. The van der Waals surface area contributed by atoms with Crippen LogP contribution in [0, 0.1) is 0 Å². The number of ether oxygens (including phenoxy) is 1. The van der Waals surface area contributed by atoms with Crippen LogP contribution in [0.1, 0.15) is 29.7 Å². The first-order valence-corrected chi connectivity index (χ1v) is 8.79. The first kappa shape index (κ1) is 21.0. The van der Waals surface area contributed by atoms with Crippen molar-refractivity contribution in [1.82, 2.24) is 10.6 Å². The van der Waals surface area contributed by atoms with E-state index < -0.39 is 12.1 Å². The number of aromatic hydroxyl groups is 2. The third-order valence-corrected chi connectivity index (χ3v) is 4.06. The molecule has 0 saturated heterocycles. The van der Waals surface area contributed by atoms with E-state index in [2.05, 4.69) is 10.6 Å². The normalized spacial score (nSPS) is 14.8. The average molecular weight is 388 g/mol. The van der Waals surface area contributed by atoms with E-state index in [0.29, 0.717) is 6.54 Å². The number of alkyl carbamates (subject to hydrolysis) is 1. The summed E-state index contributed by atoms with van der Waals surface area (Å²) in [5.74, 6) is -1.11. The van der Waals surface area contributed by atoms with Crippen LogP contribution in [0.3, 0.4) is 0 Å². The first-order chi connectivity index (χ1) is 13.4. The molecule has 0 radical (unpaired) electrons. The Balaban J connectivity index is 0.000000640. The second-order valence-corrected chi connectivity index (χ2v) is 6.26. The lowest BCUT2D eigenvalue weighted by molar-refractivity contribution is -0.134. The highest BCUT2D eigenvalue weighted by atomic mass is 16.5. The Labute approximate surface area is 162 Å². The zero-order chi connectivity index (χ0) is 20.5. The number of hydrogen-bond acceptors (Lipinski definition) is 6. The summed E-state index contributed by atoms with van der Waals surface area (Å²) in [5.41, 5.74) is 2.77. The maximum Gasteiger partial charge on any atom is 0.407 e. The second kappa shape index (κ2) is 10.2. The molecule has 1 aliphatic rings. The number of carboxylic acid groups (broad SMARTS) is 1. The molecule has 1 unspecified atom stereocenters. The summed E-state index contributed by atoms with van der Waals surface area (Å²) in [6, 6.07) is 12.4. The van der Waals surface area contributed by atoms with Gasteiger partial charge < -0.3 is 30.7 Å². The fourth-order valence-electron chi connectivity index (χ4n) is 2.81. The van der Waals surface area contributed by atoms with Gasteiger partial charge in [0.1, 0.15) is 6.61 Å². The van der Waals surface area contributed by atoms with Gasteiger partial charge in [0.25, 0.3) is 5.97 Å². The SMILES string of the molecule is CC(=O)O.O=C(NCC1NCCc2cc(O)c(O)cc21)OCc1ccccc1. The number of carbonyl (C=O) groups is 2. The molecule has 1 aliphatic heterocycles. The smallest absolute Gasteiger partial charge is 0.407 e. The van der Waals surface area contributed by atoms with Crippen LogP contribution < -0.4 is 10.6 Å². The average Bonchev–Trinajstić information content (AvgIpc) is 2.66. The number of rotatable bonds is 4. The van der Waals surface area contributed by atoms with Crippen LogP contribution in [0.4, 0.5) is 4.79 Å². The highest BCUT2D eigenvalue weighted by Gasteiger charge is 2.22. The van der Waals surface area contributed by atoms with E-state index in [0.717, 1.165) is 36.6 Å². The fourth-order valence-corrected chi connectivity index (χ4v) is 2.81. The summed E-state index contributed by atoms with van der Waals surface area (Å²) >= 11 is 0. The minimum absolute atomic E-state index is 0.121. The molecule has 1 amide bonds. The van der Waals surface area contributed by atoms with Gasteiger partial charge in [0.2, 0.25) is 0 Å². The Hall–Kier alpha value is -3.26. The summed E-state index contributed by atoms with van der Waals surface area (Å²) in [4.78, 5) is 20.8. The molecule has 2 aromatic carbocycles. The standard InChI is InChI=1S/C18H20N2O4.C2H4O2/c21-16-8-13-6-7-19-15(14(13)9-17(16)22)10-20-18(23)24-11-12-4-2-1-3-5-12;1-2(3)4/h1-5,8-9,15,19,21-22H,6-7,10-11H2,(H,20,23);1H3,(H,3,4). The highest BCUT2D eigenvalue weighted by Crippen LogP contribution is 2.33. The second-order valence-electron chi connectivity index (χ2n) is 6.26. The van der Waals surface area contributed by atoms with Crippen molar-refractivity contribution in [2.75, 3.05) is 13.1 Å². The van der Waals surface area contributed by atoms with E-state index in [4.69, 9.17) is 14.6 Å². The Morgan fingerprint density at radius 3 is 2.50 bits per heavy atom. The molecule has 3 rings (SSSR count). The van der Waals surface area contributed by atoms with Gasteiger partial charge >= 0.3 is 6.09 Å². The molecule has 1 atom stereocenters. The van der Waals surface area contributed by atoms with Crippen molar-refractivity contribution in [3.63, 3.8) is 0 Å². The van der Waals surface area contributed by atoms with Crippen molar-refractivity contribution >= 4 is 12.1 Å². The molecule has 28 heavy (non-hydrogen) atoms. The zero-order valence-electron chi connectivity index (χ0n) is 15.5. The number of amides is 1. The Bertz CT molecular complexity index is 806. The molecule has 1 heterocycles. The van der Waals surface area contributed by atoms with Gasteiger partial charge in [0.05, 0.1) is 6.04 Å². The van der Waals surface area contributed by atoms with Crippen LogP contribution in [0.25, 0.3) is 0 Å². The quantitative estimate of drug-likeness (QED) is 0.508. The Morgan fingerprint density at radius 1 is 1.18 bits per heavy atom. The van der Waals surface area contributed by atoms with E-state index in [-0.39, 0.29) is 24.1 Å². The summed E-state index contributed by atoms with van der Waals surface area (Å²) in [6.45, 7) is 2.38. The van der Waals surface area contributed by atoms with Crippen molar-refractivity contribution in [1.29, 1.82) is 0 Å². The van der Waals surface area contributed by atoms with Gasteiger partial charge in [0.15, 0.2) is 11.5 Å². The van der Waals surface area contributed by atoms with Crippen molar-refractivity contribution < 1.29 is 29.6 Å². The van der Waals surface area contributed by atoms with E-state index in [1.807, 2.05) is 30.3 Å². The van der Waals surface area contributed by atoms with Crippen molar-refractivity contribution in [3.8, 4) is 11.5 Å². The van der Waals surface area contributed by atoms with Gasteiger partial charge in [-0.15, -0.1) is 0 Å². The summed E-state index contributed by atoms with van der Waals surface area (Å²) < 4.78 is 5.18. The number of phenols is 2. The van der Waals surface area contributed by atoms with E-state index >= 15 is 0 Å². The maximum atomic E-state index is 11.8. The van der Waals surface area contributed by atoms with Crippen LogP contribution in [0.15, 0.2) is 42.5 Å². The van der Waals surface area contributed by atoms with Gasteiger partial charge in [-0.1, -0.05) is 30.3 Å². The van der Waals surface area contributed by atoms with Gasteiger partial charge in [0, 0.05) is 13.5 Å². The molecular formula is C20H24N2O6. The molecule has 8 nitrogen and oxygen atoms in total. The number of aliphatic carboxylic acids is 1. The lowest BCUT2D eigenvalue weighted by Crippen LogP contribution is -2.39. The first-order valence-electron chi connectivity index (χ1n) is 8.79. The van der Waals surface area contributed by atoms with Gasteiger partial charge in [-0.3, -0.25) is 4.79 Å². The molecule has 0 aromatic heterocycles. The monoisotopic (exact) mass is 388 g/mol. The number of nitrogens with one attached hydrogen (secondary N) is 2. The topological polar surface area (TPSA) is 128 Å². The Kier molecular flexibility index (Phi) is 7.65. The molecule has 0 saturated carbocycles. The molecule has 150 valence electrons. The molecule has 2 aromatic rings. The predicted octanol–water partition coefficient (Wildman–Crippen LogP) is 2.30. The minimum Gasteiger partial charge on any atom is -0.504 e. The summed E-state index contributed by atoms with van der Waals surface area (Å²) in [5, 5.41) is 32.7. The van der Waals surface area contributed by atoms with Crippen molar-refractivity contribution in [2.45, 2.75) is 26.0 Å². The minimum atomic E-state index is -0.833. The van der Waals surface area contributed by atoms with Crippen LogP contribution >= 0.6 is 0 Å². The highest BCUT2D eigenvalue weighted by molar-refractivity contribution is 5.67. The predicted molar refractivity (Wildman–Crippen MR) is 102 cm³/mol. The molecule has 0 bridgehead atoms. The molecule has 5 N–H and O–H groups in total. The molecule has 8 heteroatoms. The number of benzene rings is 2. The fraction of sp³-hybridized carbons (Fsp3) is 0.300. The molecule has 0 fully saturated rings. The number of fused-ring (bicyclic) bond motifs is 1. The molecular weight excluding hydrogens is 364 g/mol. The van der Waals surface area contributed by atoms with Gasteiger partial charge in [-0.2, -0.15) is 0 Å². The van der Waals surface area contributed by atoms with Gasteiger partial charge in [-0.05, 0) is 41.8 Å². The van der Waals surface area contributed by atoms with Crippen LogP contribution in [-0.2, 0) is 22.6 Å². The molecule has 0 spiro atoms. The zero-order valence-corrected chi connectivity index (χ0v) is 15.5. The lowest BCUT2D eigenvalue weighted by Gasteiger charge is -2.27. The van der Waals surface area contributed by atoms with Crippen LogP contribution in [-0.4, -0.2) is 40.5 Å². The van der Waals surface area contributed by atoms with Crippen molar-refractivity contribution in [3.05, 3.63) is 59.2 Å². The largest absolute Gasteiger partial charge is 0.504 e. The lowest BCUT2D eigenvalue weighted by atomic mass is 9.93. The third-order valence-electron chi connectivity index (χ3n) is 4.06. The third kappa shape index (κ3) is 6.48. The van der Waals surface area contributed by atoms with Crippen molar-refractivity contribution in [2.24, 2.45) is 0 Å². The number of carbonyl (C=O) groups excluding carboxylic acids is 1.